The second-order valence-electron chi connectivity index (χ2n) is 24.4. The number of aliphatic hydroxyl groups excluding tert-OH is 1. The highest BCUT2D eigenvalue weighted by molar-refractivity contribution is 7.53. The van der Waals surface area contributed by atoms with Gasteiger partial charge in [0.15, 0.2) is 6.10 Å². The molecule has 103 heavy (non-hydrogen) atoms. The number of nitro benzene ring substituents is 2. The van der Waals surface area contributed by atoms with Crippen molar-refractivity contribution in [3.8, 4) is 35.5 Å². The summed E-state index contributed by atoms with van der Waals surface area (Å²) < 4.78 is 87.1. The summed E-state index contributed by atoms with van der Waals surface area (Å²) in [6.07, 6.45) is -9.92. The second-order valence-corrected chi connectivity index (χ2v) is 28.4. The molecule has 6 aromatic rings. The third-order valence-electron chi connectivity index (χ3n) is 17.2. The highest BCUT2D eigenvalue weighted by atomic mass is 31.2. The van der Waals surface area contributed by atoms with E-state index in [0.717, 1.165) is 40.9 Å². The second kappa shape index (κ2) is 31.4. The number of H-pyrrole nitrogens is 2. The minimum atomic E-state index is -4.35. The van der Waals surface area contributed by atoms with Crippen molar-refractivity contribution in [2.24, 2.45) is 5.73 Å². The Morgan fingerprint density at radius 2 is 1.26 bits per heavy atom. The van der Waals surface area contributed by atoms with Crippen molar-refractivity contribution in [3.63, 3.8) is 0 Å². The minimum absolute atomic E-state index is 0.00190. The highest BCUT2D eigenvalue weighted by Gasteiger charge is 2.46. The molecule has 0 radical (unpaired) electrons. The number of rotatable bonds is 5. The molecular weight excluding hydrogens is 1400 g/mol. The molecule has 15 atom stereocenters. The van der Waals surface area contributed by atoms with Crippen LogP contribution >= 0.6 is 15.2 Å². The summed E-state index contributed by atoms with van der Waals surface area (Å²) in [5.74, 6) is 13.7. The molecule has 38 nitrogen and oxygen atoms in total. The summed E-state index contributed by atoms with van der Waals surface area (Å²) in [6, 6.07) is 5.47. The first-order valence-corrected chi connectivity index (χ1v) is 35.8. The Morgan fingerprint density at radius 1 is 0.689 bits per heavy atom. The van der Waals surface area contributed by atoms with Crippen LogP contribution in [0.25, 0.3) is 11.0 Å². The number of nitrogen functional groups attached to an aromatic ring is 1. The minimum Gasteiger partial charge on any atom is -0.390 e. The van der Waals surface area contributed by atoms with Crippen LogP contribution in [-0.4, -0.2) is 182 Å². The van der Waals surface area contributed by atoms with E-state index in [9.17, 15) is 68.0 Å². The van der Waals surface area contributed by atoms with Gasteiger partial charge in [0.1, 0.15) is 65.9 Å². The molecule has 7 aliphatic heterocycles. The van der Waals surface area contributed by atoms with Crippen LogP contribution in [0.2, 0.25) is 0 Å². The van der Waals surface area contributed by atoms with Crippen LogP contribution in [0.3, 0.4) is 0 Å². The van der Waals surface area contributed by atoms with E-state index in [1.54, 1.807) is 0 Å². The molecule has 6 unspecified atom stereocenters. The van der Waals surface area contributed by atoms with E-state index in [1.165, 1.54) is 68.4 Å². The molecule has 11 N–H and O–H groups in total. The van der Waals surface area contributed by atoms with E-state index < -0.39 is 196 Å². The monoisotopic (exact) mass is 1470 g/mol. The molecule has 40 heteroatoms. The number of nitrogens with two attached hydrogens (primary N) is 2. The van der Waals surface area contributed by atoms with Crippen LogP contribution in [-0.2, 0) is 65.3 Å². The van der Waals surface area contributed by atoms with Crippen molar-refractivity contribution in [2.45, 2.75) is 113 Å². The Hall–Kier alpha value is -9.91. The van der Waals surface area contributed by atoms with E-state index in [-0.39, 0.29) is 81.7 Å². The number of nitro groups is 2. The number of benzene rings is 2. The van der Waals surface area contributed by atoms with Crippen molar-refractivity contribution in [3.05, 3.63) is 162 Å². The summed E-state index contributed by atoms with van der Waals surface area (Å²) in [7, 11) is -7.30. The first kappa shape index (κ1) is 74.3. The fourth-order valence-electron chi connectivity index (χ4n) is 12.1. The van der Waals surface area contributed by atoms with Crippen LogP contribution in [0, 0.1) is 55.8 Å². The van der Waals surface area contributed by atoms with Crippen molar-refractivity contribution in [1.82, 2.24) is 54.9 Å². The predicted octanol–water partition coefficient (Wildman–Crippen LogP) is 0.201. The number of hydrogen-bond acceptors (Lipinski definition) is 28. The number of anilines is 1. The molecule has 18 bridgehead atoms. The van der Waals surface area contributed by atoms with Gasteiger partial charge in [-0.25, -0.2) is 19.6 Å². The molecule has 544 valence electrons. The number of aliphatic hydroxyl groups is 1. The first-order valence-electron chi connectivity index (χ1n) is 31.9. The number of carbonyl (C=O) groups excluding carboxylic acids is 3. The van der Waals surface area contributed by atoms with Crippen LogP contribution < -0.4 is 55.2 Å². The van der Waals surface area contributed by atoms with Crippen LogP contribution in [0.15, 0.2) is 80.5 Å². The van der Waals surface area contributed by atoms with Gasteiger partial charge in [0.25, 0.3) is 28.4 Å². The maximum atomic E-state index is 14.6. The number of ether oxygens (including phenoxy) is 5. The maximum Gasteiger partial charge on any atom is 0.330 e. The van der Waals surface area contributed by atoms with Gasteiger partial charge in [-0.3, -0.25) is 77.8 Å². The Labute approximate surface area is 582 Å². The van der Waals surface area contributed by atoms with E-state index in [2.05, 4.69) is 76.7 Å². The molecule has 0 spiro atoms. The van der Waals surface area contributed by atoms with E-state index in [0.29, 0.717) is 0 Å². The van der Waals surface area contributed by atoms with Gasteiger partial charge in [0.05, 0.1) is 96.3 Å². The topological polar surface area (TPSA) is 516 Å². The summed E-state index contributed by atoms with van der Waals surface area (Å²) in [5, 5.41) is 47.8. The lowest BCUT2D eigenvalue weighted by molar-refractivity contribution is -0.386. The maximum absolute atomic E-state index is 14.6. The van der Waals surface area contributed by atoms with Crippen LogP contribution in [0.1, 0.15) is 103 Å². The summed E-state index contributed by atoms with van der Waals surface area (Å²) in [4.78, 5) is 132. The Balaban J connectivity index is 0.991. The number of nitrogens with one attached hydrogen (secondary N) is 6. The quantitative estimate of drug-likeness (QED) is 0.0482. The lowest BCUT2D eigenvalue weighted by Gasteiger charge is -2.26. The Kier molecular flexibility index (Phi) is 22.6. The lowest BCUT2D eigenvalue weighted by Crippen LogP contribution is -2.53. The van der Waals surface area contributed by atoms with Gasteiger partial charge in [-0.2, -0.15) is 0 Å². The molecule has 2 aromatic carbocycles. The van der Waals surface area contributed by atoms with Crippen molar-refractivity contribution < 1.29 is 80.2 Å². The Bertz CT molecular complexity index is 4910. The molecule has 3 saturated heterocycles. The zero-order valence-corrected chi connectivity index (χ0v) is 57.2. The van der Waals surface area contributed by atoms with E-state index >= 15 is 0 Å². The molecule has 4 aromatic heterocycles. The predicted molar refractivity (Wildman–Crippen MR) is 359 cm³/mol. The molecule has 3 amide bonds. The lowest BCUT2D eigenvalue weighted by atomic mass is 10.0. The smallest absolute Gasteiger partial charge is 0.330 e. The summed E-state index contributed by atoms with van der Waals surface area (Å²) in [5.41, 5.74) is 7.50. The van der Waals surface area contributed by atoms with Gasteiger partial charge in [-0.1, -0.05) is 35.5 Å². The number of aromatic nitrogens is 7. The highest BCUT2D eigenvalue weighted by Crippen LogP contribution is 2.52. The molecule has 11 heterocycles. The van der Waals surface area contributed by atoms with Gasteiger partial charge in [-0.05, 0) is 38.1 Å². The van der Waals surface area contributed by atoms with E-state index in [1.807, 2.05) is 0 Å². The van der Waals surface area contributed by atoms with E-state index in [4.69, 9.17) is 53.2 Å². The van der Waals surface area contributed by atoms with Gasteiger partial charge in [-0.15, -0.1) is 0 Å². The average Bonchev–Trinajstić information content (AvgIpc) is 1.82. The van der Waals surface area contributed by atoms with Gasteiger partial charge in [0, 0.05) is 99.7 Å². The summed E-state index contributed by atoms with van der Waals surface area (Å²) >= 11 is 0. The number of nitrogens with zero attached hydrogens (tertiary/aromatic N) is 7. The number of hydrogen-bond donors (Lipinski definition) is 9. The SMILES string of the molecule is COC[C@H]1O[C@@H]2C[C@@H]1OP(C)(=O)OC[C@H]1O[C@@H]3C[C@@H]1OP(C)(=O)OC[C@H]1O[C@H](C[C@@H]1O)n1cc(c4c(N)ncnc41)C#Cc1ccc(c([N+](=O)[O-])c1)C(C)NC(CN)C(=O)NCC(OC(C)c1ccc(cc1[N+](=O)[O-])C#Cc1cn3c(=O)[nH]c1=O)C(=O)NCC(=O)NCC#Cc1cn2c(=O)[nH]c1=O. The molecule has 3 fully saturated rings. The number of methoxy groups -OCH3 is 1. The normalized spacial score (nSPS) is 28.9. The third kappa shape index (κ3) is 17.3. The van der Waals surface area contributed by atoms with Gasteiger partial charge in [0.2, 0.25) is 11.8 Å². The molecular formula is C63H69N15O23P2. The number of amides is 3. The van der Waals surface area contributed by atoms with Crippen LogP contribution in [0.4, 0.5) is 17.2 Å². The van der Waals surface area contributed by atoms with Crippen molar-refractivity contribution in [2.75, 3.05) is 72.2 Å². The summed E-state index contributed by atoms with van der Waals surface area (Å²) in [6.45, 7) is 1.45. The standard InChI is InChI=1S/C63H69N15O23P2/c1-32-39-14-10-34(17-42(39)77(87)88)8-12-36-25-74(57-55(36)56(65)69-31-70-57)52-19-44(79)48(97-52)29-94-102(4,91)101-46-21-54-76-27-38(59(82)73-63(76)86)13-9-35-11-15-40(43(18-35)78(89)90)33(2)96-47(23-67-60(83)41(22-64)71-32)61(84)68-24-51(80)66-16-6-7-37-26-75(62(85)72-58(37)81)53-20-45(49(98-53)28-93-3)100-103(5,92)95-30-50(46)99-54/h10-11,14-15,17-18,25-27,31-33,41,44-50,52-54,71,79H,16,19-24,28-30,64H2,1-5H3,(H,66,80)(H,67,83)(H,68,84)(H2,65,69,70)(H,72,81,85)(H,73,82,86)/t32?,33?,41?,44-,45-,46-,47?,48+,49+,50+,52+,53+,54+,102?,103?/m0/s1. The average molecular weight is 1470 g/mol. The fraction of sp³-hybridized carbons (Fsp3) is 0.444. The number of fused-ring (bicyclic) bond motifs is 21. The van der Waals surface area contributed by atoms with Crippen LogP contribution in [0.5, 0.6) is 0 Å². The number of aromatic amines is 2. The third-order valence-corrected chi connectivity index (χ3v) is 19.7. The fourth-order valence-corrected chi connectivity index (χ4v) is 14.5. The molecule has 13 rings (SSSR count). The van der Waals surface area contributed by atoms with Crippen molar-refractivity contribution in [1.29, 1.82) is 0 Å². The van der Waals surface area contributed by atoms with Gasteiger partial charge >= 0.3 is 26.6 Å². The molecule has 0 saturated carbocycles. The number of carbonyl (C=O) groups is 3. The zero-order chi connectivity index (χ0) is 73.8. The van der Waals surface area contributed by atoms with Gasteiger partial charge < -0.3 is 78.9 Å². The van der Waals surface area contributed by atoms with Crippen molar-refractivity contribution >= 4 is 61.1 Å². The zero-order valence-electron chi connectivity index (χ0n) is 55.5. The largest absolute Gasteiger partial charge is 0.390 e. The Morgan fingerprint density at radius 3 is 1.91 bits per heavy atom. The molecule has 0 aliphatic carbocycles. The first-order chi connectivity index (χ1) is 49.1. The molecule has 7 aliphatic rings.